The molecule has 2 rings (SSSR count). The van der Waals surface area contributed by atoms with Crippen LogP contribution in [0.15, 0.2) is 26.9 Å². The number of aromatic nitrogens is 2. The van der Waals surface area contributed by atoms with Gasteiger partial charge in [-0.15, -0.1) is 10.2 Å². The Morgan fingerprint density at radius 1 is 1.29 bits per heavy atom. The second-order valence-corrected chi connectivity index (χ2v) is 5.32. The molecule has 0 saturated heterocycles. The van der Waals surface area contributed by atoms with Crippen molar-refractivity contribution in [3.63, 3.8) is 0 Å². The molecule has 2 aromatic rings. The van der Waals surface area contributed by atoms with E-state index in [9.17, 15) is 8.78 Å². The van der Waals surface area contributed by atoms with Crippen molar-refractivity contribution < 1.29 is 8.78 Å². The van der Waals surface area contributed by atoms with Crippen LogP contribution in [0.4, 0.5) is 8.78 Å². The summed E-state index contributed by atoms with van der Waals surface area (Å²) in [5, 5.41) is 7.34. The van der Waals surface area contributed by atoms with E-state index >= 15 is 0 Å². The van der Waals surface area contributed by atoms with E-state index in [1.807, 2.05) is 0 Å². The Morgan fingerprint density at radius 2 is 2.00 bits per heavy atom. The Kier molecular flexibility index (Phi) is 4.03. The van der Waals surface area contributed by atoms with Crippen molar-refractivity contribution in [3.8, 4) is 0 Å². The highest BCUT2D eigenvalue weighted by Gasteiger charge is 2.14. The molecule has 0 amide bonds. The van der Waals surface area contributed by atoms with Gasteiger partial charge < -0.3 is 5.73 Å². The number of hydrogen-bond acceptors (Lipinski definition) is 5. The van der Waals surface area contributed by atoms with Crippen LogP contribution in [0, 0.1) is 11.6 Å². The molecule has 0 fully saturated rings. The summed E-state index contributed by atoms with van der Waals surface area (Å²) in [4.78, 5) is -0.0532. The molecule has 0 aliphatic rings. The monoisotopic (exact) mass is 273 g/mol. The van der Waals surface area contributed by atoms with Gasteiger partial charge in [0.25, 0.3) is 0 Å². The van der Waals surface area contributed by atoms with Gasteiger partial charge in [-0.1, -0.05) is 23.1 Å². The molecule has 0 spiro atoms. The molecule has 17 heavy (non-hydrogen) atoms. The van der Waals surface area contributed by atoms with Crippen molar-refractivity contribution in [2.75, 3.05) is 6.54 Å². The Balaban J connectivity index is 2.28. The van der Waals surface area contributed by atoms with Gasteiger partial charge in [-0.2, -0.15) is 0 Å². The molecule has 0 saturated carbocycles. The number of nitrogens with two attached hydrogens (primary N) is 1. The summed E-state index contributed by atoms with van der Waals surface area (Å²) in [6, 6.07) is 2.61. The highest BCUT2D eigenvalue weighted by atomic mass is 32.2. The average Bonchev–Trinajstić information content (AvgIpc) is 2.76. The zero-order valence-electron chi connectivity index (χ0n) is 8.69. The van der Waals surface area contributed by atoms with Crippen molar-refractivity contribution in [1.29, 1.82) is 0 Å². The van der Waals surface area contributed by atoms with Crippen LogP contribution < -0.4 is 5.73 Å². The summed E-state index contributed by atoms with van der Waals surface area (Å²) in [6.45, 7) is 0.363. The minimum atomic E-state index is -0.589. The van der Waals surface area contributed by atoms with E-state index in [0.29, 0.717) is 22.9 Å². The first kappa shape index (κ1) is 12.4. The molecule has 0 bridgehead atoms. The summed E-state index contributed by atoms with van der Waals surface area (Å²) >= 11 is 2.17. The van der Waals surface area contributed by atoms with E-state index in [1.54, 1.807) is 0 Å². The lowest BCUT2D eigenvalue weighted by Gasteiger charge is -2.05. The summed E-state index contributed by atoms with van der Waals surface area (Å²) in [7, 11) is 0. The molecular formula is C10H9F2N3S2. The van der Waals surface area contributed by atoms with Gasteiger partial charge in [0.2, 0.25) is 0 Å². The van der Waals surface area contributed by atoms with E-state index in [2.05, 4.69) is 10.2 Å². The quantitative estimate of drug-likeness (QED) is 0.929. The van der Waals surface area contributed by atoms with Gasteiger partial charge in [0, 0.05) is 0 Å². The normalized spacial score (nSPS) is 10.8. The average molecular weight is 273 g/mol. The lowest BCUT2D eigenvalue weighted by Crippen LogP contribution is -2.04. The number of hydrogen-bond donors (Lipinski definition) is 1. The molecular weight excluding hydrogens is 264 g/mol. The van der Waals surface area contributed by atoms with Crippen LogP contribution >= 0.6 is 23.1 Å². The molecule has 1 aromatic carbocycles. The fraction of sp³-hybridized carbons (Fsp3) is 0.200. The van der Waals surface area contributed by atoms with Crippen LogP contribution in [-0.4, -0.2) is 16.7 Å². The molecule has 0 aliphatic carbocycles. The van der Waals surface area contributed by atoms with Crippen LogP contribution in [0.3, 0.4) is 0 Å². The maximum atomic E-state index is 13.7. The van der Waals surface area contributed by atoms with Gasteiger partial charge in [0.15, 0.2) is 4.34 Å². The maximum Gasteiger partial charge on any atom is 0.179 e. The molecule has 0 atom stereocenters. The minimum absolute atomic E-state index is 0.0532. The van der Waals surface area contributed by atoms with E-state index in [0.717, 1.165) is 11.8 Å². The topological polar surface area (TPSA) is 51.8 Å². The van der Waals surface area contributed by atoms with Gasteiger partial charge in [-0.3, -0.25) is 0 Å². The summed E-state index contributed by atoms with van der Waals surface area (Å²) in [5.41, 5.74) is 7.42. The van der Waals surface area contributed by atoms with Crippen molar-refractivity contribution in [3.05, 3.63) is 34.8 Å². The molecule has 1 aromatic heterocycles. The van der Waals surface area contributed by atoms with Crippen LogP contribution in [0.2, 0.25) is 0 Å². The summed E-state index contributed by atoms with van der Waals surface area (Å²) < 4.78 is 27.9. The second-order valence-electron chi connectivity index (χ2n) is 3.23. The van der Waals surface area contributed by atoms with Crippen molar-refractivity contribution in [2.45, 2.75) is 15.7 Å². The molecule has 0 unspecified atom stereocenters. The first-order valence-electron chi connectivity index (χ1n) is 4.82. The van der Waals surface area contributed by atoms with Gasteiger partial charge in [-0.05, 0) is 30.7 Å². The zero-order chi connectivity index (χ0) is 12.3. The third-order valence-corrected chi connectivity index (χ3v) is 3.89. The Bertz CT molecular complexity index is 479. The predicted molar refractivity (Wildman–Crippen MR) is 63.1 cm³/mol. The smallest absolute Gasteiger partial charge is 0.179 e. The molecule has 1 heterocycles. The Labute approximate surface area is 105 Å². The fourth-order valence-corrected chi connectivity index (χ4v) is 2.74. The van der Waals surface area contributed by atoms with Crippen LogP contribution in [-0.2, 0) is 6.42 Å². The highest BCUT2D eigenvalue weighted by Crippen LogP contribution is 2.33. The molecule has 3 nitrogen and oxygen atoms in total. The number of halogens is 2. The van der Waals surface area contributed by atoms with Crippen LogP contribution in [0.1, 0.15) is 5.56 Å². The fourth-order valence-electron chi connectivity index (χ4n) is 1.32. The van der Waals surface area contributed by atoms with Gasteiger partial charge in [0.05, 0.1) is 4.90 Å². The third kappa shape index (κ3) is 2.99. The number of nitrogens with zero attached hydrogens (tertiary/aromatic N) is 2. The van der Waals surface area contributed by atoms with E-state index < -0.39 is 11.6 Å². The van der Waals surface area contributed by atoms with E-state index in [-0.39, 0.29) is 4.90 Å². The maximum absolute atomic E-state index is 13.7. The first-order chi connectivity index (χ1) is 8.20. The van der Waals surface area contributed by atoms with Crippen molar-refractivity contribution in [2.24, 2.45) is 5.73 Å². The lowest BCUT2D eigenvalue weighted by atomic mass is 10.1. The third-order valence-electron chi connectivity index (χ3n) is 2.02. The van der Waals surface area contributed by atoms with E-state index in [4.69, 9.17) is 5.73 Å². The summed E-state index contributed by atoms with van der Waals surface area (Å²) in [5.74, 6) is -1.18. The SMILES string of the molecule is NCCc1cc(F)c(Sc2nncs2)c(F)c1. The largest absolute Gasteiger partial charge is 0.330 e. The van der Waals surface area contributed by atoms with Crippen molar-refractivity contribution in [1.82, 2.24) is 10.2 Å². The van der Waals surface area contributed by atoms with Gasteiger partial charge in [0.1, 0.15) is 17.1 Å². The molecule has 2 N–H and O–H groups in total. The second kappa shape index (κ2) is 5.52. The number of rotatable bonds is 4. The lowest BCUT2D eigenvalue weighted by molar-refractivity contribution is 0.537. The number of benzene rings is 1. The van der Waals surface area contributed by atoms with E-state index in [1.165, 1.54) is 29.0 Å². The van der Waals surface area contributed by atoms with Crippen LogP contribution in [0.5, 0.6) is 0 Å². The van der Waals surface area contributed by atoms with Gasteiger partial charge >= 0.3 is 0 Å². The van der Waals surface area contributed by atoms with Gasteiger partial charge in [-0.25, -0.2) is 8.78 Å². The molecule has 7 heteroatoms. The summed E-state index contributed by atoms with van der Waals surface area (Å²) in [6.07, 6.45) is 0.456. The Hall–Kier alpha value is -1.05. The predicted octanol–water partition coefficient (Wildman–Crippen LogP) is 2.47. The van der Waals surface area contributed by atoms with Crippen LogP contribution in [0.25, 0.3) is 0 Å². The zero-order valence-corrected chi connectivity index (χ0v) is 10.3. The molecule has 0 aliphatic heterocycles. The molecule has 90 valence electrons. The first-order valence-corrected chi connectivity index (χ1v) is 6.52. The highest BCUT2D eigenvalue weighted by molar-refractivity contribution is 8.01. The molecule has 0 radical (unpaired) electrons. The minimum Gasteiger partial charge on any atom is -0.330 e. The standard InChI is InChI=1S/C10H9F2N3S2/c11-7-3-6(1-2-13)4-8(12)9(7)17-10-15-14-5-16-10/h3-5H,1-2,13H2. The van der Waals surface area contributed by atoms with Crippen molar-refractivity contribution >= 4 is 23.1 Å². The Morgan fingerprint density at radius 3 is 2.53 bits per heavy atom.